The summed E-state index contributed by atoms with van der Waals surface area (Å²) in [5, 5.41) is 11.5. The molecule has 4 nitrogen and oxygen atoms in total. The first kappa shape index (κ1) is 18.3. The van der Waals surface area contributed by atoms with Crippen molar-refractivity contribution < 1.29 is 19.3 Å². The Kier molecular flexibility index (Phi) is 5.15. The molecule has 0 amide bonds. The van der Waals surface area contributed by atoms with Crippen LogP contribution in [0.2, 0.25) is 0 Å². The molecule has 0 aromatic carbocycles. The highest BCUT2D eigenvalue weighted by molar-refractivity contribution is 5.56. The third-order valence-electron chi connectivity index (χ3n) is 4.37. The summed E-state index contributed by atoms with van der Waals surface area (Å²) in [6, 6.07) is 0. The monoisotopic (exact) mass is 322 g/mol. The predicted octanol–water partition coefficient (Wildman–Crippen LogP) is 3.39. The van der Waals surface area contributed by atoms with E-state index in [0.717, 1.165) is 19.3 Å². The molecule has 1 heterocycles. The van der Waals surface area contributed by atoms with E-state index in [2.05, 4.69) is 18.8 Å². The summed E-state index contributed by atoms with van der Waals surface area (Å²) in [6.07, 6.45) is 2.92. The second-order valence-electron chi connectivity index (χ2n) is 7.55. The normalized spacial score (nSPS) is 26.3. The standard InChI is InChI=1S/C19H30O4/c1-7-8-9-10-11-15-16(23-14(2)3)19(21-12-13-22-19)18(15,20)17(4,5)6/h14,20H,7-9,12-13H2,1-6H3. The minimum Gasteiger partial charge on any atom is -0.488 e. The van der Waals surface area contributed by atoms with Gasteiger partial charge in [-0.15, -0.1) is 0 Å². The van der Waals surface area contributed by atoms with E-state index in [0.29, 0.717) is 24.5 Å². The van der Waals surface area contributed by atoms with Crippen LogP contribution in [0.5, 0.6) is 0 Å². The van der Waals surface area contributed by atoms with E-state index in [-0.39, 0.29) is 6.10 Å². The molecule has 1 spiro atoms. The maximum absolute atomic E-state index is 11.5. The van der Waals surface area contributed by atoms with E-state index >= 15 is 0 Å². The maximum Gasteiger partial charge on any atom is 0.264 e. The first-order chi connectivity index (χ1) is 10.7. The van der Waals surface area contributed by atoms with Gasteiger partial charge in [-0.2, -0.15) is 0 Å². The van der Waals surface area contributed by atoms with Gasteiger partial charge in [0.05, 0.1) is 24.9 Å². The summed E-state index contributed by atoms with van der Waals surface area (Å²) in [7, 11) is 0. The molecule has 1 N–H and O–H groups in total. The van der Waals surface area contributed by atoms with Crippen LogP contribution in [0.25, 0.3) is 0 Å². The van der Waals surface area contributed by atoms with Crippen LogP contribution in [-0.2, 0) is 14.2 Å². The molecule has 4 heteroatoms. The molecule has 1 atom stereocenters. The van der Waals surface area contributed by atoms with E-state index < -0.39 is 16.8 Å². The zero-order valence-electron chi connectivity index (χ0n) is 15.3. The van der Waals surface area contributed by atoms with Crippen LogP contribution in [0.3, 0.4) is 0 Å². The fourth-order valence-electron chi connectivity index (χ4n) is 3.15. The van der Waals surface area contributed by atoms with Gasteiger partial charge >= 0.3 is 0 Å². The summed E-state index contributed by atoms with van der Waals surface area (Å²) in [6.45, 7) is 12.8. The van der Waals surface area contributed by atoms with Gasteiger partial charge in [0.25, 0.3) is 5.79 Å². The van der Waals surface area contributed by atoms with Crippen molar-refractivity contribution >= 4 is 0 Å². The van der Waals surface area contributed by atoms with E-state index in [1.165, 1.54) is 0 Å². The summed E-state index contributed by atoms with van der Waals surface area (Å²) in [5.41, 5.74) is -1.19. The minimum atomic E-state index is -1.31. The average Bonchev–Trinajstić information content (AvgIpc) is 2.96. The van der Waals surface area contributed by atoms with Gasteiger partial charge in [-0.3, -0.25) is 0 Å². The first-order valence-electron chi connectivity index (χ1n) is 8.61. The van der Waals surface area contributed by atoms with Crippen molar-refractivity contribution in [1.29, 1.82) is 0 Å². The van der Waals surface area contributed by atoms with Crippen LogP contribution in [-0.4, -0.2) is 35.8 Å². The molecule has 1 unspecified atom stereocenters. The Hall–Kier alpha value is -1.02. The minimum absolute atomic E-state index is 0.0355. The number of unbranched alkanes of at least 4 members (excludes halogenated alkanes) is 2. The molecule has 1 aliphatic heterocycles. The van der Waals surface area contributed by atoms with E-state index in [1.807, 2.05) is 34.6 Å². The number of aliphatic hydroxyl groups is 1. The molecule has 130 valence electrons. The van der Waals surface area contributed by atoms with Gasteiger partial charge in [0.1, 0.15) is 0 Å². The summed E-state index contributed by atoms with van der Waals surface area (Å²) in [4.78, 5) is 0. The molecular weight excluding hydrogens is 292 g/mol. The van der Waals surface area contributed by atoms with E-state index in [4.69, 9.17) is 14.2 Å². The lowest BCUT2D eigenvalue weighted by molar-refractivity contribution is -0.306. The molecule has 2 aliphatic rings. The van der Waals surface area contributed by atoms with E-state index in [9.17, 15) is 5.11 Å². The van der Waals surface area contributed by atoms with Gasteiger partial charge in [0.15, 0.2) is 11.4 Å². The lowest BCUT2D eigenvalue weighted by Gasteiger charge is -2.57. The summed E-state index contributed by atoms with van der Waals surface area (Å²) >= 11 is 0. The van der Waals surface area contributed by atoms with Gasteiger partial charge in [-0.25, -0.2) is 0 Å². The molecule has 23 heavy (non-hydrogen) atoms. The van der Waals surface area contributed by atoms with Crippen molar-refractivity contribution in [3.8, 4) is 11.8 Å². The third-order valence-corrected chi connectivity index (χ3v) is 4.37. The summed E-state index contributed by atoms with van der Waals surface area (Å²) in [5.74, 6) is 5.65. The zero-order chi connectivity index (χ0) is 17.3. The smallest absolute Gasteiger partial charge is 0.264 e. The Balaban J connectivity index is 2.49. The topological polar surface area (TPSA) is 47.9 Å². The van der Waals surface area contributed by atoms with Crippen LogP contribution in [0.4, 0.5) is 0 Å². The van der Waals surface area contributed by atoms with Crippen molar-refractivity contribution in [1.82, 2.24) is 0 Å². The lowest BCUT2D eigenvalue weighted by Crippen LogP contribution is -2.71. The largest absolute Gasteiger partial charge is 0.488 e. The van der Waals surface area contributed by atoms with Crippen LogP contribution >= 0.6 is 0 Å². The Morgan fingerprint density at radius 3 is 2.35 bits per heavy atom. The molecule has 0 aromatic rings. The molecule has 1 aliphatic carbocycles. The van der Waals surface area contributed by atoms with Crippen LogP contribution in [0, 0.1) is 17.3 Å². The van der Waals surface area contributed by atoms with Crippen LogP contribution in [0.1, 0.15) is 60.8 Å². The van der Waals surface area contributed by atoms with Gasteiger partial charge in [0, 0.05) is 11.8 Å². The highest BCUT2D eigenvalue weighted by atomic mass is 16.8. The highest BCUT2D eigenvalue weighted by Crippen LogP contribution is 2.60. The Morgan fingerprint density at radius 1 is 1.26 bits per heavy atom. The zero-order valence-corrected chi connectivity index (χ0v) is 15.3. The number of hydrogen-bond acceptors (Lipinski definition) is 4. The SMILES string of the molecule is CCCCC#CC1=C(OC(C)C)C2(OCCO2)C1(O)C(C)(C)C. The number of hydrogen-bond donors (Lipinski definition) is 1. The third kappa shape index (κ3) is 2.80. The molecular formula is C19H30O4. The quantitative estimate of drug-likeness (QED) is 0.636. The van der Waals surface area contributed by atoms with Gasteiger partial charge in [-0.05, 0) is 20.3 Å². The van der Waals surface area contributed by atoms with Crippen LogP contribution in [0.15, 0.2) is 11.3 Å². The molecule has 1 fully saturated rings. The highest BCUT2D eigenvalue weighted by Gasteiger charge is 2.74. The van der Waals surface area contributed by atoms with Crippen LogP contribution < -0.4 is 0 Å². The second kappa shape index (κ2) is 6.47. The van der Waals surface area contributed by atoms with Crippen molar-refractivity contribution in [3.05, 3.63) is 11.3 Å². The van der Waals surface area contributed by atoms with Crippen molar-refractivity contribution in [2.45, 2.75) is 78.3 Å². The van der Waals surface area contributed by atoms with Crippen molar-refractivity contribution in [3.63, 3.8) is 0 Å². The molecule has 2 rings (SSSR count). The first-order valence-corrected chi connectivity index (χ1v) is 8.61. The van der Waals surface area contributed by atoms with Crippen molar-refractivity contribution in [2.75, 3.05) is 13.2 Å². The molecule has 0 saturated carbocycles. The fraction of sp³-hybridized carbons (Fsp3) is 0.789. The van der Waals surface area contributed by atoms with Crippen molar-refractivity contribution in [2.24, 2.45) is 5.41 Å². The lowest BCUT2D eigenvalue weighted by atomic mass is 9.58. The molecule has 0 aromatic heterocycles. The average molecular weight is 322 g/mol. The van der Waals surface area contributed by atoms with E-state index in [1.54, 1.807) is 0 Å². The van der Waals surface area contributed by atoms with Gasteiger partial charge in [-0.1, -0.05) is 46.0 Å². The van der Waals surface area contributed by atoms with Gasteiger partial charge in [0.2, 0.25) is 0 Å². The Labute approximate surface area is 140 Å². The molecule has 0 bridgehead atoms. The number of ether oxygens (including phenoxy) is 3. The predicted molar refractivity (Wildman–Crippen MR) is 89.6 cm³/mol. The molecule has 1 saturated heterocycles. The second-order valence-corrected chi connectivity index (χ2v) is 7.55. The summed E-state index contributed by atoms with van der Waals surface area (Å²) < 4.78 is 17.7. The fourth-order valence-corrected chi connectivity index (χ4v) is 3.15. The van der Waals surface area contributed by atoms with Gasteiger partial charge < -0.3 is 19.3 Å². The maximum atomic E-state index is 11.5. The molecule has 0 radical (unpaired) electrons. The Morgan fingerprint density at radius 2 is 1.87 bits per heavy atom. The number of rotatable bonds is 4. The Bertz CT molecular complexity index is 524.